The minimum atomic E-state index is 0.504. The van der Waals surface area contributed by atoms with Crippen molar-refractivity contribution in [2.24, 2.45) is 0 Å². The van der Waals surface area contributed by atoms with Gasteiger partial charge in [-0.3, -0.25) is 4.90 Å². The number of rotatable bonds is 2. The first-order valence-corrected chi connectivity index (χ1v) is 5.92. The quantitative estimate of drug-likeness (QED) is 0.712. The summed E-state index contributed by atoms with van der Waals surface area (Å²) in [5.41, 5.74) is 0. The van der Waals surface area contributed by atoms with Crippen molar-refractivity contribution < 1.29 is 4.74 Å². The molecule has 0 saturated carbocycles. The highest BCUT2D eigenvalue weighted by molar-refractivity contribution is 4.79. The molecular formula is C11H22N2O. The van der Waals surface area contributed by atoms with Gasteiger partial charge >= 0.3 is 0 Å². The van der Waals surface area contributed by atoms with Gasteiger partial charge in [-0.25, -0.2) is 0 Å². The van der Waals surface area contributed by atoms with E-state index in [1.54, 1.807) is 0 Å². The Bertz CT molecular complexity index is 169. The lowest BCUT2D eigenvalue weighted by atomic mass is 10.1. The first-order chi connectivity index (χ1) is 6.86. The predicted molar refractivity (Wildman–Crippen MR) is 57.5 cm³/mol. The van der Waals surface area contributed by atoms with Crippen LogP contribution in [0, 0.1) is 0 Å². The van der Waals surface area contributed by atoms with Crippen LogP contribution in [0.2, 0.25) is 0 Å². The van der Waals surface area contributed by atoms with Crippen LogP contribution in [-0.4, -0.2) is 49.8 Å². The number of hydrogen-bond acceptors (Lipinski definition) is 3. The molecule has 3 nitrogen and oxygen atoms in total. The molecule has 2 unspecified atom stereocenters. The summed E-state index contributed by atoms with van der Waals surface area (Å²) in [6.45, 7) is 7.87. The monoisotopic (exact) mass is 198 g/mol. The molecule has 2 aliphatic heterocycles. The van der Waals surface area contributed by atoms with Crippen LogP contribution < -0.4 is 5.32 Å². The van der Waals surface area contributed by atoms with Crippen molar-refractivity contribution in [1.29, 1.82) is 0 Å². The van der Waals surface area contributed by atoms with Crippen LogP contribution in [0.3, 0.4) is 0 Å². The van der Waals surface area contributed by atoms with E-state index in [9.17, 15) is 0 Å². The van der Waals surface area contributed by atoms with E-state index in [-0.39, 0.29) is 0 Å². The number of piperazine rings is 1. The standard InChI is InChI=1S/C11H22N2O/c1-10-8-12-5-6-13(10)9-11-4-2-3-7-14-11/h10-12H,2-9H2,1H3. The van der Waals surface area contributed by atoms with Gasteiger partial charge in [0.1, 0.15) is 0 Å². The van der Waals surface area contributed by atoms with Crippen molar-refractivity contribution in [2.75, 3.05) is 32.8 Å². The molecule has 0 amide bonds. The Hall–Kier alpha value is -0.120. The molecule has 2 heterocycles. The van der Waals surface area contributed by atoms with Crippen molar-refractivity contribution in [3.63, 3.8) is 0 Å². The summed E-state index contributed by atoms with van der Waals surface area (Å²) in [4.78, 5) is 2.56. The molecular weight excluding hydrogens is 176 g/mol. The largest absolute Gasteiger partial charge is 0.377 e. The minimum Gasteiger partial charge on any atom is -0.377 e. The Kier molecular flexibility index (Phi) is 3.79. The van der Waals surface area contributed by atoms with Crippen LogP contribution in [0.15, 0.2) is 0 Å². The van der Waals surface area contributed by atoms with Gasteiger partial charge < -0.3 is 10.1 Å². The predicted octanol–water partition coefficient (Wildman–Crippen LogP) is 0.849. The molecule has 2 rings (SSSR count). The summed E-state index contributed by atoms with van der Waals surface area (Å²) in [7, 11) is 0. The lowest BCUT2D eigenvalue weighted by molar-refractivity contribution is -0.0154. The molecule has 2 fully saturated rings. The number of ether oxygens (including phenoxy) is 1. The maximum Gasteiger partial charge on any atom is 0.0702 e. The molecule has 0 bridgehead atoms. The Morgan fingerprint density at radius 3 is 3.07 bits per heavy atom. The van der Waals surface area contributed by atoms with Gasteiger partial charge in [0.2, 0.25) is 0 Å². The summed E-state index contributed by atoms with van der Waals surface area (Å²) >= 11 is 0. The molecule has 2 saturated heterocycles. The molecule has 3 heteroatoms. The van der Waals surface area contributed by atoms with Gasteiger partial charge in [-0.1, -0.05) is 0 Å². The lowest BCUT2D eigenvalue weighted by Crippen LogP contribution is -2.52. The van der Waals surface area contributed by atoms with Gasteiger partial charge in [0.05, 0.1) is 6.10 Å². The Morgan fingerprint density at radius 1 is 1.43 bits per heavy atom. The molecule has 2 atom stereocenters. The maximum absolute atomic E-state index is 5.77. The highest BCUT2D eigenvalue weighted by atomic mass is 16.5. The van der Waals surface area contributed by atoms with Crippen molar-refractivity contribution in [1.82, 2.24) is 10.2 Å². The smallest absolute Gasteiger partial charge is 0.0702 e. The molecule has 0 aromatic heterocycles. The van der Waals surface area contributed by atoms with Crippen molar-refractivity contribution in [3.05, 3.63) is 0 Å². The molecule has 0 aromatic carbocycles. The van der Waals surface area contributed by atoms with Gasteiger partial charge in [0, 0.05) is 38.8 Å². The second-order valence-corrected chi connectivity index (χ2v) is 4.54. The average molecular weight is 198 g/mol. The van der Waals surface area contributed by atoms with Crippen molar-refractivity contribution >= 4 is 0 Å². The van der Waals surface area contributed by atoms with Crippen LogP contribution in [0.5, 0.6) is 0 Å². The van der Waals surface area contributed by atoms with Crippen molar-refractivity contribution in [3.8, 4) is 0 Å². The number of nitrogens with zero attached hydrogens (tertiary/aromatic N) is 1. The summed E-state index contributed by atoms with van der Waals surface area (Å²) in [5.74, 6) is 0. The molecule has 0 aromatic rings. The van der Waals surface area contributed by atoms with Crippen LogP contribution in [0.1, 0.15) is 26.2 Å². The third kappa shape index (κ3) is 2.69. The summed E-state index contributed by atoms with van der Waals surface area (Å²) < 4.78 is 5.77. The van der Waals surface area contributed by atoms with Crippen LogP contribution in [0.4, 0.5) is 0 Å². The van der Waals surface area contributed by atoms with E-state index in [1.807, 2.05) is 0 Å². The molecule has 1 N–H and O–H groups in total. The second kappa shape index (κ2) is 5.10. The summed E-state index contributed by atoms with van der Waals surface area (Å²) in [6.07, 6.45) is 4.37. The third-order valence-electron chi connectivity index (χ3n) is 3.35. The Labute approximate surface area is 86.8 Å². The fraction of sp³-hybridized carbons (Fsp3) is 1.00. The molecule has 0 spiro atoms. The van der Waals surface area contributed by atoms with Gasteiger partial charge in [0.15, 0.2) is 0 Å². The van der Waals surface area contributed by atoms with Crippen molar-refractivity contribution in [2.45, 2.75) is 38.3 Å². The highest BCUT2D eigenvalue weighted by Gasteiger charge is 2.22. The lowest BCUT2D eigenvalue weighted by Gasteiger charge is -2.37. The highest BCUT2D eigenvalue weighted by Crippen LogP contribution is 2.15. The van der Waals surface area contributed by atoms with E-state index >= 15 is 0 Å². The van der Waals surface area contributed by atoms with E-state index in [4.69, 9.17) is 4.74 Å². The second-order valence-electron chi connectivity index (χ2n) is 4.54. The summed E-state index contributed by atoms with van der Waals surface area (Å²) in [5, 5.41) is 3.42. The zero-order chi connectivity index (χ0) is 9.80. The molecule has 0 radical (unpaired) electrons. The topological polar surface area (TPSA) is 24.5 Å². The molecule has 0 aliphatic carbocycles. The zero-order valence-corrected chi connectivity index (χ0v) is 9.17. The molecule has 2 aliphatic rings. The minimum absolute atomic E-state index is 0.504. The molecule has 14 heavy (non-hydrogen) atoms. The Morgan fingerprint density at radius 2 is 2.36 bits per heavy atom. The van der Waals surface area contributed by atoms with Gasteiger partial charge in [-0.2, -0.15) is 0 Å². The number of nitrogens with one attached hydrogen (secondary N) is 1. The van der Waals surface area contributed by atoms with Gasteiger partial charge in [0.25, 0.3) is 0 Å². The SMILES string of the molecule is CC1CNCCN1CC1CCCCO1. The van der Waals surface area contributed by atoms with E-state index in [2.05, 4.69) is 17.1 Å². The average Bonchev–Trinajstić information content (AvgIpc) is 2.23. The third-order valence-corrected chi connectivity index (χ3v) is 3.35. The normalized spacial score (nSPS) is 35.8. The summed E-state index contributed by atoms with van der Waals surface area (Å²) in [6, 6.07) is 0.675. The van der Waals surface area contributed by atoms with E-state index in [0.717, 1.165) is 26.2 Å². The van der Waals surface area contributed by atoms with Crippen LogP contribution in [-0.2, 0) is 4.74 Å². The van der Waals surface area contributed by atoms with Gasteiger partial charge in [-0.15, -0.1) is 0 Å². The van der Waals surface area contributed by atoms with Gasteiger partial charge in [-0.05, 0) is 26.2 Å². The van der Waals surface area contributed by atoms with E-state index in [1.165, 1.54) is 25.8 Å². The van der Waals surface area contributed by atoms with E-state index < -0.39 is 0 Å². The maximum atomic E-state index is 5.77. The van der Waals surface area contributed by atoms with Crippen LogP contribution >= 0.6 is 0 Å². The van der Waals surface area contributed by atoms with E-state index in [0.29, 0.717) is 12.1 Å². The zero-order valence-electron chi connectivity index (χ0n) is 9.17. The number of hydrogen-bond donors (Lipinski definition) is 1. The Balaban J connectivity index is 1.76. The van der Waals surface area contributed by atoms with Crippen LogP contribution in [0.25, 0.3) is 0 Å². The fourth-order valence-electron chi connectivity index (χ4n) is 2.37. The fourth-order valence-corrected chi connectivity index (χ4v) is 2.37. The first kappa shape index (κ1) is 10.4. The first-order valence-electron chi connectivity index (χ1n) is 5.92. The molecule has 82 valence electrons.